The maximum absolute atomic E-state index is 12.1. The number of nitrogens with one attached hydrogen (secondary N) is 2. The number of methoxy groups -OCH3 is 1. The summed E-state index contributed by atoms with van der Waals surface area (Å²) < 4.78 is 5.06. The molecule has 0 atom stereocenters. The minimum atomic E-state index is -0.522. The number of amides is 1. The summed E-state index contributed by atoms with van der Waals surface area (Å²) in [6, 6.07) is 6.26. The fourth-order valence-electron chi connectivity index (χ4n) is 1.71. The average Bonchev–Trinajstić information content (AvgIpc) is 2.41. The van der Waals surface area contributed by atoms with E-state index < -0.39 is 5.91 Å². The molecule has 20 heavy (non-hydrogen) atoms. The molecule has 0 aliphatic rings. The molecule has 0 saturated heterocycles. The number of carbonyl (C=O) groups excluding carboxylic acids is 1. The van der Waals surface area contributed by atoms with Gasteiger partial charge in [-0.15, -0.1) is 0 Å². The van der Waals surface area contributed by atoms with Crippen molar-refractivity contribution in [1.29, 1.82) is 0 Å². The highest BCUT2D eigenvalue weighted by molar-refractivity contribution is 6.05. The van der Waals surface area contributed by atoms with E-state index in [0.717, 1.165) is 0 Å². The van der Waals surface area contributed by atoms with Gasteiger partial charge in [0.15, 0.2) is 5.43 Å². The molecule has 0 bridgehead atoms. The number of anilines is 2. The van der Waals surface area contributed by atoms with Gasteiger partial charge in [-0.05, 0) is 19.1 Å². The molecule has 0 fully saturated rings. The Bertz CT molecular complexity index is 707. The average molecular weight is 273 g/mol. The monoisotopic (exact) mass is 273 g/mol. The highest BCUT2D eigenvalue weighted by Gasteiger charge is 2.12. The standard InChI is InChI=1S/C14H15N3O3/c1-8-5-13(18)10(7-16-8)14(19)17-12-6-9(20-2)3-4-11(12)15/h3-7H,15H2,1-2H3,(H,16,18)(H,17,19). The summed E-state index contributed by atoms with van der Waals surface area (Å²) >= 11 is 0. The minimum absolute atomic E-state index is 0.0258. The number of aryl methyl sites for hydroxylation is 1. The molecule has 2 aromatic rings. The van der Waals surface area contributed by atoms with Crippen molar-refractivity contribution in [2.24, 2.45) is 0 Å². The van der Waals surface area contributed by atoms with E-state index in [2.05, 4.69) is 10.3 Å². The summed E-state index contributed by atoms with van der Waals surface area (Å²) in [4.78, 5) is 26.6. The second-order valence-corrected chi connectivity index (χ2v) is 4.30. The first-order valence-electron chi connectivity index (χ1n) is 5.95. The van der Waals surface area contributed by atoms with Crippen LogP contribution in [0.2, 0.25) is 0 Å². The SMILES string of the molecule is COc1ccc(N)c(NC(=O)c2c[nH]c(C)cc2=O)c1. The molecular weight excluding hydrogens is 258 g/mol. The Hall–Kier alpha value is -2.76. The van der Waals surface area contributed by atoms with Gasteiger partial charge >= 0.3 is 0 Å². The Labute approximate surface area is 115 Å². The van der Waals surface area contributed by atoms with Crippen molar-refractivity contribution in [3.63, 3.8) is 0 Å². The third-order valence-corrected chi connectivity index (χ3v) is 2.81. The fraction of sp³-hybridized carbons (Fsp3) is 0.143. The van der Waals surface area contributed by atoms with Crippen LogP contribution < -0.4 is 21.2 Å². The van der Waals surface area contributed by atoms with Crippen LogP contribution >= 0.6 is 0 Å². The van der Waals surface area contributed by atoms with Crippen LogP contribution in [0.3, 0.4) is 0 Å². The minimum Gasteiger partial charge on any atom is -0.497 e. The number of aromatic amines is 1. The van der Waals surface area contributed by atoms with Gasteiger partial charge in [-0.1, -0.05) is 0 Å². The smallest absolute Gasteiger partial charge is 0.261 e. The lowest BCUT2D eigenvalue weighted by Crippen LogP contribution is -2.22. The number of nitrogens with two attached hydrogens (primary N) is 1. The van der Waals surface area contributed by atoms with E-state index in [4.69, 9.17) is 10.5 Å². The summed E-state index contributed by atoms with van der Waals surface area (Å²) in [6.45, 7) is 1.74. The first kappa shape index (κ1) is 13.7. The van der Waals surface area contributed by atoms with Crippen LogP contribution in [-0.4, -0.2) is 18.0 Å². The third kappa shape index (κ3) is 2.80. The van der Waals surface area contributed by atoms with Crippen LogP contribution in [-0.2, 0) is 0 Å². The maximum atomic E-state index is 12.1. The molecule has 6 heteroatoms. The third-order valence-electron chi connectivity index (χ3n) is 2.81. The van der Waals surface area contributed by atoms with E-state index in [-0.39, 0.29) is 11.0 Å². The Morgan fingerprint density at radius 2 is 2.10 bits per heavy atom. The van der Waals surface area contributed by atoms with E-state index in [9.17, 15) is 9.59 Å². The lowest BCUT2D eigenvalue weighted by molar-refractivity contribution is 0.102. The molecule has 0 radical (unpaired) electrons. The quantitative estimate of drug-likeness (QED) is 0.739. The van der Waals surface area contributed by atoms with Crippen molar-refractivity contribution in [3.8, 4) is 5.75 Å². The van der Waals surface area contributed by atoms with Crippen LogP contribution in [0, 0.1) is 6.92 Å². The lowest BCUT2D eigenvalue weighted by atomic mass is 10.2. The number of nitrogen functional groups attached to an aromatic ring is 1. The number of benzene rings is 1. The molecule has 1 aromatic carbocycles. The summed E-state index contributed by atoms with van der Waals surface area (Å²) in [6.07, 6.45) is 1.38. The summed E-state index contributed by atoms with van der Waals surface area (Å²) in [5, 5.41) is 2.60. The van der Waals surface area contributed by atoms with Crippen LogP contribution in [0.15, 0.2) is 35.3 Å². The van der Waals surface area contributed by atoms with Gasteiger partial charge in [-0.3, -0.25) is 9.59 Å². The Morgan fingerprint density at radius 3 is 2.75 bits per heavy atom. The zero-order chi connectivity index (χ0) is 14.7. The summed E-state index contributed by atoms with van der Waals surface area (Å²) in [5.41, 5.74) is 6.93. The molecule has 0 unspecified atom stereocenters. The highest BCUT2D eigenvalue weighted by atomic mass is 16.5. The topological polar surface area (TPSA) is 97.2 Å². The number of hydrogen-bond donors (Lipinski definition) is 3. The normalized spacial score (nSPS) is 10.1. The zero-order valence-electron chi connectivity index (χ0n) is 11.2. The molecular formula is C14H15N3O3. The Balaban J connectivity index is 2.30. The van der Waals surface area contributed by atoms with Crippen LogP contribution in [0.4, 0.5) is 11.4 Å². The van der Waals surface area contributed by atoms with Gasteiger partial charge in [0.1, 0.15) is 11.3 Å². The largest absolute Gasteiger partial charge is 0.497 e. The Morgan fingerprint density at radius 1 is 1.35 bits per heavy atom. The molecule has 1 heterocycles. The molecule has 4 N–H and O–H groups in total. The van der Waals surface area contributed by atoms with Crippen molar-refractivity contribution < 1.29 is 9.53 Å². The van der Waals surface area contributed by atoms with Crippen molar-refractivity contribution >= 4 is 17.3 Å². The van der Waals surface area contributed by atoms with E-state index in [1.165, 1.54) is 19.4 Å². The van der Waals surface area contributed by atoms with Gasteiger partial charge in [0, 0.05) is 24.0 Å². The molecule has 1 amide bonds. The van der Waals surface area contributed by atoms with Crippen LogP contribution in [0.25, 0.3) is 0 Å². The predicted molar refractivity (Wildman–Crippen MR) is 77.2 cm³/mol. The molecule has 0 saturated carbocycles. The highest BCUT2D eigenvalue weighted by Crippen LogP contribution is 2.24. The van der Waals surface area contributed by atoms with Gasteiger partial charge in [0.25, 0.3) is 5.91 Å². The van der Waals surface area contributed by atoms with E-state index in [1.807, 2.05) is 0 Å². The van der Waals surface area contributed by atoms with E-state index in [0.29, 0.717) is 22.8 Å². The van der Waals surface area contributed by atoms with Gasteiger partial charge < -0.3 is 20.8 Å². The zero-order valence-corrected chi connectivity index (χ0v) is 11.2. The maximum Gasteiger partial charge on any atom is 0.261 e. The van der Waals surface area contributed by atoms with Crippen molar-refractivity contribution in [2.75, 3.05) is 18.2 Å². The molecule has 1 aromatic heterocycles. The van der Waals surface area contributed by atoms with E-state index in [1.54, 1.807) is 25.1 Å². The van der Waals surface area contributed by atoms with Crippen molar-refractivity contribution in [2.45, 2.75) is 6.92 Å². The van der Waals surface area contributed by atoms with Crippen molar-refractivity contribution in [3.05, 3.63) is 51.9 Å². The number of rotatable bonds is 3. The van der Waals surface area contributed by atoms with E-state index >= 15 is 0 Å². The Kier molecular flexibility index (Phi) is 3.74. The number of pyridine rings is 1. The number of ether oxygens (including phenoxy) is 1. The second kappa shape index (κ2) is 5.48. The number of H-pyrrole nitrogens is 1. The molecule has 0 aliphatic carbocycles. The molecule has 6 nitrogen and oxygen atoms in total. The molecule has 104 valence electrons. The fourth-order valence-corrected chi connectivity index (χ4v) is 1.71. The lowest BCUT2D eigenvalue weighted by Gasteiger charge is -2.09. The van der Waals surface area contributed by atoms with Gasteiger partial charge in [0.2, 0.25) is 0 Å². The van der Waals surface area contributed by atoms with Crippen molar-refractivity contribution in [1.82, 2.24) is 4.98 Å². The van der Waals surface area contributed by atoms with Gasteiger partial charge in [-0.25, -0.2) is 0 Å². The second-order valence-electron chi connectivity index (χ2n) is 4.30. The first-order valence-corrected chi connectivity index (χ1v) is 5.95. The number of hydrogen-bond acceptors (Lipinski definition) is 4. The van der Waals surface area contributed by atoms with Crippen LogP contribution in [0.1, 0.15) is 16.1 Å². The van der Waals surface area contributed by atoms with Gasteiger partial charge in [0.05, 0.1) is 18.5 Å². The molecule has 0 aliphatic heterocycles. The van der Waals surface area contributed by atoms with Crippen LogP contribution in [0.5, 0.6) is 5.75 Å². The predicted octanol–water partition coefficient (Wildman–Crippen LogP) is 1.53. The number of aromatic nitrogens is 1. The molecule has 0 spiro atoms. The summed E-state index contributed by atoms with van der Waals surface area (Å²) in [5.74, 6) is 0.0403. The summed E-state index contributed by atoms with van der Waals surface area (Å²) in [7, 11) is 1.52. The first-order chi connectivity index (χ1) is 9.51. The van der Waals surface area contributed by atoms with Gasteiger partial charge in [-0.2, -0.15) is 0 Å². The number of carbonyl (C=O) groups is 1. The molecule has 2 rings (SSSR count).